The van der Waals surface area contributed by atoms with E-state index in [2.05, 4.69) is 5.32 Å². The minimum atomic E-state index is -3.28. The van der Waals surface area contributed by atoms with Gasteiger partial charge < -0.3 is 5.32 Å². The van der Waals surface area contributed by atoms with Crippen molar-refractivity contribution in [3.8, 4) is 0 Å². The highest BCUT2D eigenvalue weighted by Gasteiger charge is 2.23. The normalized spacial score (nSPS) is 12.2. The van der Waals surface area contributed by atoms with Gasteiger partial charge in [0.1, 0.15) is 4.21 Å². The molecule has 0 aliphatic carbocycles. The first kappa shape index (κ1) is 14.6. The molecule has 0 atom stereocenters. The minimum absolute atomic E-state index is 0.439. The van der Waals surface area contributed by atoms with Gasteiger partial charge in [0.2, 0.25) is 0 Å². The lowest BCUT2D eigenvalue weighted by Crippen LogP contribution is -2.30. The molecule has 0 aromatic carbocycles. The van der Waals surface area contributed by atoms with Crippen molar-refractivity contribution < 1.29 is 8.42 Å². The molecule has 17 heavy (non-hydrogen) atoms. The molecule has 1 N–H and O–H groups in total. The third-order valence-electron chi connectivity index (χ3n) is 2.51. The van der Waals surface area contributed by atoms with E-state index in [0.29, 0.717) is 17.3 Å². The minimum Gasteiger partial charge on any atom is -0.313 e. The Hall–Kier alpha value is -0.430. The Kier molecular flexibility index (Phi) is 5.58. The first-order valence-corrected chi connectivity index (χ1v) is 8.16. The maximum absolute atomic E-state index is 12.2. The molecule has 1 aromatic rings. The van der Waals surface area contributed by atoms with Crippen LogP contribution in [0.4, 0.5) is 0 Å². The van der Waals surface area contributed by atoms with Crippen LogP contribution in [0.15, 0.2) is 15.7 Å². The Morgan fingerprint density at radius 3 is 2.47 bits per heavy atom. The van der Waals surface area contributed by atoms with Crippen molar-refractivity contribution in [2.45, 2.75) is 31.5 Å². The molecule has 0 aliphatic rings. The van der Waals surface area contributed by atoms with Crippen molar-refractivity contribution in [3.63, 3.8) is 0 Å². The monoisotopic (exact) mass is 276 g/mol. The van der Waals surface area contributed by atoms with Crippen molar-refractivity contribution >= 4 is 21.4 Å². The molecular formula is C11H20N2O2S2. The van der Waals surface area contributed by atoms with Gasteiger partial charge in [-0.15, -0.1) is 11.3 Å². The zero-order valence-corrected chi connectivity index (χ0v) is 12.2. The van der Waals surface area contributed by atoms with Gasteiger partial charge in [0.25, 0.3) is 10.0 Å². The Labute approximate surface area is 108 Å². The Morgan fingerprint density at radius 1 is 1.29 bits per heavy atom. The van der Waals surface area contributed by atoms with Crippen LogP contribution in [-0.4, -0.2) is 32.4 Å². The summed E-state index contributed by atoms with van der Waals surface area (Å²) in [5, 5.41) is 5.09. The van der Waals surface area contributed by atoms with Gasteiger partial charge in [0, 0.05) is 19.6 Å². The molecule has 0 amide bonds. The Morgan fingerprint density at radius 2 is 1.94 bits per heavy atom. The second-order valence-corrected chi connectivity index (χ2v) is 6.72. The lowest BCUT2D eigenvalue weighted by molar-refractivity contribution is 0.446. The Bertz CT molecular complexity index is 436. The quantitative estimate of drug-likeness (QED) is 0.827. The van der Waals surface area contributed by atoms with E-state index in [0.717, 1.165) is 18.7 Å². The number of nitrogens with zero attached hydrogens (tertiary/aromatic N) is 1. The van der Waals surface area contributed by atoms with Gasteiger partial charge >= 0.3 is 0 Å². The summed E-state index contributed by atoms with van der Waals surface area (Å²) in [7, 11) is -3.28. The molecule has 0 saturated heterocycles. The molecule has 0 unspecified atom stereocenters. The van der Waals surface area contributed by atoms with Crippen molar-refractivity contribution in [2.75, 3.05) is 19.6 Å². The van der Waals surface area contributed by atoms with Crippen LogP contribution >= 0.6 is 11.3 Å². The van der Waals surface area contributed by atoms with E-state index in [1.54, 1.807) is 6.07 Å². The van der Waals surface area contributed by atoms with Crippen LogP contribution in [0.5, 0.6) is 0 Å². The summed E-state index contributed by atoms with van der Waals surface area (Å²) in [6.45, 7) is 8.37. The van der Waals surface area contributed by atoms with Crippen LogP contribution < -0.4 is 5.32 Å². The van der Waals surface area contributed by atoms with E-state index in [1.807, 2.05) is 26.2 Å². The van der Waals surface area contributed by atoms with Gasteiger partial charge in [0.05, 0.1) is 0 Å². The van der Waals surface area contributed by atoms with Crippen LogP contribution in [0, 0.1) is 0 Å². The molecule has 1 rings (SSSR count). The topological polar surface area (TPSA) is 49.4 Å². The van der Waals surface area contributed by atoms with E-state index in [4.69, 9.17) is 0 Å². The second-order valence-electron chi connectivity index (χ2n) is 3.64. The number of nitrogens with one attached hydrogen (secondary N) is 1. The summed E-state index contributed by atoms with van der Waals surface area (Å²) in [5.41, 5.74) is 1.03. The highest BCUT2D eigenvalue weighted by Crippen LogP contribution is 2.23. The number of sulfonamides is 1. The van der Waals surface area contributed by atoms with E-state index < -0.39 is 10.0 Å². The first-order valence-electron chi connectivity index (χ1n) is 5.84. The molecule has 98 valence electrons. The van der Waals surface area contributed by atoms with Crippen LogP contribution in [0.1, 0.15) is 26.3 Å². The molecule has 1 heterocycles. The lowest BCUT2D eigenvalue weighted by Gasteiger charge is -2.16. The summed E-state index contributed by atoms with van der Waals surface area (Å²) in [5.74, 6) is 0. The predicted octanol–water partition coefficient (Wildman–Crippen LogP) is 1.89. The number of hydrogen-bond acceptors (Lipinski definition) is 4. The van der Waals surface area contributed by atoms with E-state index in [-0.39, 0.29) is 0 Å². The van der Waals surface area contributed by atoms with Crippen LogP contribution in [0.3, 0.4) is 0 Å². The highest BCUT2D eigenvalue weighted by atomic mass is 32.2. The molecule has 0 bridgehead atoms. The standard InChI is InChI=1S/C11H20N2O2S2/c1-4-12-8-10-7-11(16-9-10)17(14,15)13(5-2)6-3/h7,9,12H,4-6,8H2,1-3H3. The van der Waals surface area contributed by atoms with E-state index in [1.165, 1.54) is 15.6 Å². The number of hydrogen-bond donors (Lipinski definition) is 1. The molecule has 1 aromatic heterocycles. The molecule has 4 nitrogen and oxygen atoms in total. The molecule has 0 aliphatic heterocycles. The summed E-state index contributed by atoms with van der Waals surface area (Å²) in [6, 6.07) is 1.76. The molecule has 0 radical (unpaired) electrons. The highest BCUT2D eigenvalue weighted by molar-refractivity contribution is 7.91. The molecule has 0 spiro atoms. The second kappa shape index (κ2) is 6.49. The van der Waals surface area contributed by atoms with E-state index >= 15 is 0 Å². The fourth-order valence-corrected chi connectivity index (χ4v) is 4.36. The van der Waals surface area contributed by atoms with Gasteiger partial charge in [-0.3, -0.25) is 0 Å². The fraction of sp³-hybridized carbons (Fsp3) is 0.636. The third kappa shape index (κ3) is 3.51. The third-order valence-corrected chi connectivity index (χ3v) is 6.02. The van der Waals surface area contributed by atoms with Gasteiger partial charge in [0.15, 0.2) is 0 Å². The smallest absolute Gasteiger partial charge is 0.252 e. The molecule has 0 fully saturated rings. The van der Waals surface area contributed by atoms with Crippen molar-refractivity contribution in [3.05, 3.63) is 17.0 Å². The van der Waals surface area contributed by atoms with Crippen LogP contribution in [0.25, 0.3) is 0 Å². The van der Waals surface area contributed by atoms with E-state index in [9.17, 15) is 8.42 Å². The molecular weight excluding hydrogens is 256 g/mol. The average molecular weight is 276 g/mol. The average Bonchev–Trinajstić information content (AvgIpc) is 2.77. The molecule has 6 heteroatoms. The zero-order chi connectivity index (χ0) is 12.9. The fourth-order valence-electron chi connectivity index (χ4n) is 1.54. The summed E-state index contributed by atoms with van der Waals surface area (Å²) >= 11 is 1.30. The maximum Gasteiger partial charge on any atom is 0.252 e. The van der Waals surface area contributed by atoms with Gasteiger partial charge in [-0.1, -0.05) is 20.8 Å². The van der Waals surface area contributed by atoms with Gasteiger partial charge in [-0.25, -0.2) is 8.42 Å². The van der Waals surface area contributed by atoms with Crippen molar-refractivity contribution in [1.29, 1.82) is 0 Å². The lowest BCUT2D eigenvalue weighted by atomic mass is 10.3. The summed E-state index contributed by atoms with van der Waals surface area (Å²) < 4.78 is 26.3. The largest absolute Gasteiger partial charge is 0.313 e. The summed E-state index contributed by atoms with van der Waals surface area (Å²) in [4.78, 5) is 0. The zero-order valence-electron chi connectivity index (χ0n) is 10.6. The van der Waals surface area contributed by atoms with Gasteiger partial charge in [-0.05, 0) is 23.6 Å². The number of thiophene rings is 1. The summed E-state index contributed by atoms with van der Waals surface area (Å²) in [6.07, 6.45) is 0. The van der Waals surface area contributed by atoms with Crippen molar-refractivity contribution in [2.24, 2.45) is 0 Å². The maximum atomic E-state index is 12.2. The SMILES string of the molecule is CCNCc1csc(S(=O)(=O)N(CC)CC)c1. The Balaban J connectivity index is 2.88. The van der Waals surface area contributed by atoms with Crippen LogP contribution in [0.2, 0.25) is 0 Å². The van der Waals surface area contributed by atoms with Crippen LogP contribution in [-0.2, 0) is 16.6 Å². The van der Waals surface area contributed by atoms with Gasteiger partial charge in [-0.2, -0.15) is 4.31 Å². The number of rotatable bonds is 7. The van der Waals surface area contributed by atoms with Crippen molar-refractivity contribution in [1.82, 2.24) is 9.62 Å². The molecule has 0 saturated carbocycles. The first-order chi connectivity index (χ1) is 8.06. The predicted molar refractivity (Wildman–Crippen MR) is 71.8 cm³/mol.